The van der Waals surface area contributed by atoms with Crippen LogP contribution in [0.15, 0.2) is 33.8 Å². The van der Waals surface area contributed by atoms with Crippen LogP contribution in [0.3, 0.4) is 0 Å². The van der Waals surface area contributed by atoms with Gasteiger partial charge in [0.1, 0.15) is 5.58 Å². The summed E-state index contributed by atoms with van der Waals surface area (Å²) in [5, 5.41) is 14.1. The van der Waals surface area contributed by atoms with Crippen LogP contribution in [0.4, 0.5) is 0 Å². The van der Waals surface area contributed by atoms with Gasteiger partial charge in [-0.3, -0.25) is 9.36 Å². The quantitative estimate of drug-likeness (QED) is 0.545. The molecule has 0 saturated heterocycles. The fourth-order valence-corrected chi connectivity index (χ4v) is 4.89. The van der Waals surface area contributed by atoms with Crippen LogP contribution in [0.25, 0.3) is 22.6 Å². The number of carbonyl (C=O) groups excluding carboxylic acids is 1. The van der Waals surface area contributed by atoms with E-state index in [1.54, 1.807) is 6.07 Å². The number of hydrogen-bond acceptors (Lipinski definition) is 5. The van der Waals surface area contributed by atoms with Crippen LogP contribution in [0.2, 0.25) is 5.02 Å². The highest BCUT2D eigenvalue weighted by molar-refractivity contribution is 7.99. The van der Waals surface area contributed by atoms with Crippen LogP contribution in [0.5, 0.6) is 0 Å². The van der Waals surface area contributed by atoms with E-state index in [-0.39, 0.29) is 5.91 Å². The summed E-state index contributed by atoms with van der Waals surface area (Å²) in [4.78, 5) is 12.4. The number of hydrogen-bond donors (Lipinski definition) is 1. The summed E-state index contributed by atoms with van der Waals surface area (Å²) >= 11 is 7.48. The van der Waals surface area contributed by atoms with Gasteiger partial charge in [0, 0.05) is 23.0 Å². The average molecular weight is 433 g/mol. The zero-order valence-electron chi connectivity index (χ0n) is 16.7. The molecule has 154 valence electrons. The highest BCUT2D eigenvalue weighted by Crippen LogP contribution is 2.31. The number of benzene rings is 1. The molecule has 6 nitrogen and oxygen atoms in total. The summed E-state index contributed by atoms with van der Waals surface area (Å²) in [6, 6.07) is 7.72. The van der Waals surface area contributed by atoms with E-state index in [0.717, 1.165) is 17.4 Å². The summed E-state index contributed by atoms with van der Waals surface area (Å²) in [7, 11) is 0. The van der Waals surface area contributed by atoms with Crippen LogP contribution in [0.1, 0.15) is 39.5 Å². The molecule has 0 bridgehead atoms. The van der Waals surface area contributed by atoms with Gasteiger partial charge in [0.2, 0.25) is 11.7 Å². The van der Waals surface area contributed by atoms with Crippen LogP contribution in [-0.4, -0.2) is 32.5 Å². The second kappa shape index (κ2) is 8.79. The molecule has 1 saturated carbocycles. The van der Waals surface area contributed by atoms with Crippen molar-refractivity contribution < 1.29 is 9.21 Å². The predicted octanol–water partition coefficient (Wildman–Crippen LogP) is 5.15. The Morgan fingerprint density at radius 2 is 2.14 bits per heavy atom. The zero-order valence-corrected chi connectivity index (χ0v) is 18.2. The lowest BCUT2D eigenvalue weighted by atomic mass is 9.86. The van der Waals surface area contributed by atoms with Crippen molar-refractivity contribution in [1.82, 2.24) is 20.1 Å². The summed E-state index contributed by atoms with van der Waals surface area (Å²) in [6.07, 6.45) is 4.72. The van der Waals surface area contributed by atoms with Gasteiger partial charge < -0.3 is 9.73 Å². The lowest BCUT2D eigenvalue weighted by molar-refractivity contribution is -0.119. The molecule has 0 aliphatic heterocycles. The number of aromatic nitrogens is 3. The van der Waals surface area contributed by atoms with Gasteiger partial charge in [-0.15, -0.1) is 10.2 Å². The first-order chi connectivity index (χ1) is 14.0. The van der Waals surface area contributed by atoms with E-state index in [1.165, 1.54) is 31.0 Å². The molecule has 1 aromatic carbocycles. The van der Waals surface area contributed by atoms with Gasteiger partial charge in [0.05, 0.1) is 5.75 Å². The Bertz CT molecular complexity index is 1020. The number of fused-ring (bicyclic) bond motifs is 1. The first-order valence-electron chi connectivity index (χ1n) is 10.1. The molecule has 3 aromatic rings. The van der Waals surface area contributed by atoms with E-state index in [4.69, 9.17) is 16.0 Å². The smallest absolute Gasteiger partial charge is 0.230 e. The molecule has 0 spiro atoms. The number of thioether (sulfide) groups is 1. The molecule has 1 fully saturated rings. The first-order valence-corrected chi connectivity index (χ1v) is 11.5. The van der Waals surface area contributed by atoms with Crippen molar-refractivity contribution in [2.45, 2.75) is 57.3 Å². The van der Waals surface area contributed by atoms with Gasteiger partial charge in [0.15, 0.2) is 10.9 Å². The van der Waals surface area contributed by atoms with Crippen molar-refractivity contribution in [3.05, 3.63) is 29.3 Å². The number of furan rings is 1. The Morgan fingerprint density at radius 3 is 2.93 bits per heavy atom. The highest BCUT2D eigenvalue weighted by atomic mass is 35.5. The minimum absolute atomic E-state index is 0.0549. The second-order valence-corrected chi connectivity index (χ2v) is 8.95. The molecule has 0 unspecified atom stereocenters. The largest absolute Gasteiger partial charge is 0.453 e. The molecule has 2 heterocycles. The Hall–Kier alpha value is -1.99. The number of halogens is 1. The average Bonchev–Trinajstić information content (AvgIpc) is 3.31. The maximum Gasteiger partial charge on any atom is 0.230 e. The monoisotopic (exact) mass is 432 g/mol. The van der Waals surface area contributed by atoms with Crippen molar-refractivity contribution in [2.24, 2.45) is 5.92 Å². The van der Waals surface area contributed by atoms with E-state index < -0.39 is 0 Å². The third-order valence-electron chi connectivity index (χ3n) is 5.52. The Morgan fingerprint density at radius 1 is 1.31 bits per heavy atom. The first kappa shape index (κ1) is 20.3. The second-order valence-electron chi connectivity index (χ2n) is 7.57. The minimum atomic E-state index is 0.0549. The van der Waals surface area contributed by atoms with Gasteiger partial charge >= 0.3 is 0 Å². The van der Waals surface area contributed by atoms with Gasteiger partial charge in [-0.25, -0.2) is 0 Å². The van der Waals surface area contributed by atoms with Gasteiger partial charge in [-0.05, 0) is 49.9 Å². The Kier molecular flexibility index (Phi) is 6.15. The van der Waals surface area contributed by atoms with Gasteiger partial charge in [0.25, 0.3) is 0 Å². The molecule has 8 heteroatoms. The van der Waals surface area contributed by atoms with Crippen LogP contribution in [0, 0.1) is 5.92 Å². The van der Waals surface area contributed by atoms with Crippen molar-refractivity contribution in [1.29, 1.82) is 0 Å². The van der Waals surface area contributed by atoms with E-state index >= 15 is 0 Å². The Labute approximate surface area is 179 Å². The molecule has 2 aromatic heterocycles. The number of amides is 1. The van der Waals surface area contributed by atoms with Gasteiger partial charge in [-0.1, -0.05) is 43.1 Å². The molecular weight excluding hydrogens is 408 g/mol. The third-order valence-corrected chi connectivity index (χ3v) is 6.72. The molecule has 1 aliphatic carbocycles. The topological polar surface area (TPSA) is 73.0 Å². The molecule has 1 amide bonds. The SMILES string of the molecule is CCn1c(SCC(=O)N[C@@H]2CCCC[C@H]2C)nnc1-c1cc2cc(Cl)ccc2o1. The molecule has 4 rings (SSSR count). The van der Waals surface area contributed by atoms with Gasteiger partial charge in [-0.2, -0.15) is 0 Å². The van der Waals surface area contributed by atoms with Crippen LogP contribution >= 0.6 is 23.4 Å². The molecular formula is C21H25ClN4O2S. The number of nitrogens with one attached hydrogen (secondary N) is 1. The fraction of sp³-hybridized carbons (Fsp3) is 0.476. The van der Waals surface area contributed by atoms with Crippen LogP contribution in [-0.2, 0) is 11.3 Å². The Balaban J connectivity index is 1.46. The molecule has 29 heavy (non-hydrogen) atoms. The summed E-state index contributed by atoms with van der Waals surface area (Å²) in [6.45, 7) is 4.93. The predicted molar refractivity (Wildman–Crippen MR) is 116 cm³/mol. The van der Waals surface area contributed by atoms with Crippen molar-refractivity contribution in [3.8, 4) is 11.6 Å². The highest BCUT2D eigenvalue weighted by Gasteiger charge is 2.23. The standard InChI is InChI=1S/C21H25ClN4O2S/c1-3-26-20(18-11-14-10-15(22)8-9-17(14)28-18)24-25-21(26)29-12-19(27)23-16-7-5-4-6-13(16)2/h8-11,13,16H,3-7,12H2,1-2H3,(H,23,27)/t13-,16-/m1/s1. The number of nitrogens with zero attached hydrogens (tertiary/aromatic N) is 3. The lowest BCUT2D eigenvalue weighted by Gasteiger charge is -2.29. The minimum Gasteiger partial charge on any atom is -0.453 e. The third kappa shape index (κ3) is 4.46. The lowest BCUT2D eigenvalue weighted by Crippen LogP contribution is -2.41. The van der Waals surface area contributed by atoms with Crippen LogP contribution < -0.4 is 5.32 Å². The van der Waals surface area contributed by atoms with Crippen molar-refractivity contribution in [3.63, 3.8) is 0 Å². The van der Waals surface area contributed by atoms with E-state index in [0.29, 0.717) is 46.0 Å². The number of rotatable bonds is 6. The molecule has 1 aliphatic rings. The fourth-order valence-electron chi connectivity index (χ4n) is 3.90. The summed E-state index contributed by atoms with van der Waals surface area (Å²) in [5.74, 6) is 2.23. The molecule has 1 N–H and O–H groups in total. The van der Waals surface area contributed by atoms with Crippen molar-refractivity contribution in [2.75, 3.05) is 5.75 Å². The van der Waals surface area contributed by atoms with Crippen molar-refractivity contribution >= 4 is 40.2 Å². The van der Waals surface area contributed by atoms with E-state index in [1.807, 2.05) is 29.7 Å². The molecule has 0 radical (unpaired) electrons. The summed E-state index contributed by atoms with van der Waals surface area (Å²) in [5.41, 5.74) is 0.755. The maximum absolute atomic E-state index is 12.4. The normalized spacial score (nSPS) is 19.6. The summed E-state index contributed by atoms with van der Waals surface area (Å²) < 4.78 is 7.91. The zero-order chi connectivity index (χ0) is 20.4. The van der Waals surface area contributed by atoms with E-state index in [9.17, 15) is 4.79 Å². The van der Waals surface area contributed by atoms with E-state index in [2.05, 4.69) is 22.4 Å². The maximum atomic E-state index is 12.4. The number of carbonyl (C=O) groups is 1. The molecule has 2 atom stereocenters.